The van der Waals surface area contributed by atoms with Crippen molar-refractivity contribution in [3.05, 3.63) is 53.3 Å². The fourth-order valence-corrected chi connectivity index (χ4v) is 2.54. The second-order valence-electron chi connectivity index (χ2n) is 4.91. The van der Waals surface area contributed by atoms with Crippen molar-refractivity contribution >= 4 is 17.5 Å². The molecule has 2 aromatic carbocycles. The normalized spacial score (nSPS) is 17.6. The third kappa shape index (κ3) is 1.88. The number of carbonyl (C=O) groups excluding carboxylic acids is 2. The number of nitrogens with zero attached hydrogens (tertiary/aromatic N) is 1. The third-order valence-corrected chi connectivity index (χ3v) is 3.51. The molecule has 0 radical (unpaired) electrons. The SMILES string of the molecule is O=C1c2ccccc2C(=O)N1c1cc2c(cc1F)OC(F)(F)O2. The minimum atomic E-state index is -3.92. The standard InChI is InChI=1S/C15H6F3NO4/c16-9-5-11-12(23-15(17,18)22-11)6-10(9)19-13(20)7-3-1-2-4-8(7)14(19)21/h1-6H. The molecule has 2 amide bonds. The van der Waals surface area contributed by atoms with E-state index in [-0.39, 0.29) is 11.1 Å². The van der Waals surface area contributed by atoms with E-state index in [1.165, 1.54) is 12.1 Å². The van der Waals surface area contributed by atoms with Crippen molar-refractivity contribution in [3.8, 4) is 11.5 Å². The zero-order valence-corrected chi connectivity index (χ0v) is 11.2. The molecule has 0 aliphatic carbocycles. The quantitative estimate of drug-likeness (QED) is 0.758. The van der Waals surface area contributed by atoms with Gasteiger partial charge >= 0.3 is 6.29 Å². The van der Waals surface area contributed by atoms with E-state index in [1.807, 2.05) is 0 Å². The van der Waals surface area contributed by atoms with Gasteiger partial charge in [0.05, 0.1) is 16.8 Å². The van der Waals surface area contributed by atoms with Crippen molar-refractivity contribution in [1.29, 1.82) is 0 Å². The van der Waals surface area contributed by atoms with Crippen molar-refractivity contribution < 1.29 is 32.2 Å². The number of benzene rings is 2. The predicted molar refractivity (Wildman–Crippen MR) is 70.2 cm³/mol. The first-order valence-corrected chi connectivity index (χ1v) is 6.44. The van der Waals surface area contributed by atoms with E-state index in [0.29, 0.717) is 11.0 Å². The molecule has 0 fully saturated rings. The highest BCUT2D eigenvalue weighted by atomic mass is 19.3. The Hall–Kier alpha value is -3.03. The molecule has 2 aromatic rings. The number of amides is 2. The minimum absolute atomic E-state index is 0.111. The predicted octanol–water partition coefficient (Wildman–Crippen LogP) is 2.95. The van der Waals surface area contributed by atoms with Gasteiger partial charge in [0, 0.05) is 12.1 Å². The Kier molecular flexibility index (Phi) is 2.52. The summed E-state index contributed by atoms with van der Waals surface area (Å²) in [5.41, 5.74) is -0.254. The number of imide groups is 1. The van der Waals surface area contributed by atoms with Gasteiger partial charge < -0.3 is 9.47 Å². The molecule has 23 heavy (non-hydrogen) atoms. The third-order valence-electron chi connectivity index (χ3n) is 3.51. The Morgan fingerprint density at radius 3 is 2.00 bits per heavy atom. The van der Waals surface area contributed by atoms with Crippen molar-refractivity contribution in [1.82, 2.24) is 0 Å². The lowest BCUT2D eigenvalue weighted by Crippen LogP contribution is -2.30. The van der Waals surface area contributed by atoms with Crippen molar-refractivity contribution in [2.45, 2.75) is 6.29 Å². The number of anilines is 1. The molecule has 2 aliphatic rings. The summed E-state index contributed by atoms with van der Waals surface area (Å²) in [6.07, 6.45) is -3.92. The highest BCUT2D eigenvalue weighted by Crippen LogP contribution is 2.45. The Labute approximate surface area is 126 Å². The molecular weight excluding hydrogens is 315 g/mol. The van der Waals surface area contributed by atoms with Crippen LogP contribution in [0.15, 0.2) is 36.4 Å². The van der Waals surface area contributed by atoms with E-state index in [1.54, 1.807) is 12.1 Å². The van der Waals surface area contributed by atoms with Crippen LogP contribution in [0.5, 0.6) is 11.5 Å². The van der Waals surface area contributed by atoms with Crippen LogP contribution >= 0.6 is 0 Å². The van der Waals surface area contributed by atoms with E-state index in [9.17, 15) is 22.8 Å². The molecule has 8 heteroatoms. The number of hydrogen-bond donors (Lipinski definition) is 0. The Bertz CT molecular complexity index is 846. The average molecular weight is 321 g/mol. The minimum Gasteiger partial charge on any atom is -0.395 e. The van der Waals surface area contributed by atoms with Gasteiger partial charge in [-0.15, -0.1) is 8.78 Å². The number of halogens is 3. The van der Waals surface area contributed by atoms with E-state index in [0.717, 1.165) is 6.07 Å². The lowest BCUT2D eigenvalue weighted by molar-refractivity contribution is -0.286. The van der Waals surface area contributed by atoms with Gasteiger partial charge in [0.15, 0.2) is 17.3 Å². The summed E-state index contributed by atoms with van der Waals surface area (Å²) in [6, 6.07) is 7.46. The number of hydrogen-bond acceptors (Lipinski definition) is 4. The van der Waals surface area contributed by atoms with Crippen molar-refractivity contribution in [3.63, 3.8) is 0 Å². The van der Waals surface area contributed by atoms with Crippen LogP contribution in [0.4, 0.5) is 18.9 Å². The molecule has 0 atom stereocenters. The van der Waals surface area contributed by atoms with Crippen molar-refractivity contribution in [2.75, 3.05) is 4.90 Å². The number of carbonyl (C=O) groups is 2. The van der Waals surface area contributed by atoms with Gasteiger partial charge in [-0.1, -0.05) is 12.1 Å². The summed E-state index contributed by atoms with van der Waals surface area (Å²) in [5.74, 6) is -3.50. The van der Waals surface area contributed by atoms with E-state index >= 15 is 0 Å². The van der Waals surface area contributed by atoms with Crippen molar-refractivity contribution in [2.24, 2.45) is 0 Å². The fraction of sp³-hybridized carbons (Fsp3) is 0.0667. The maximum Gasteiger partial charge on any atom is 0.586 e. The molecular formula is C15H6F3NO4. The van der Waals surface area contributed by atoms with Gasteiger partial charge in [0.25, 0.3) is 11.8 Å². The molecule has 0 bridgehead atoms. The molecule has 0 saturated heterocycles. The van der Waals surface area contributed by atoms with Crippen LogP contribution in [-0.2, 0) is 0 Å². The number of alkyl halides is 2. The second-order valence-corrected chi connectivity index (χ2v) is 4.91. The highest BCUT2D eigenvalue weighted by molar-refractivity contribution is 6.34. The van der Waals surface area contributed by atoms with Crippen LogP contribution in [0, 0.1) is 5.82 Å². The maximum atomic E-state index is 14.2. The number of fused-ring (bicyclic) bond motifs is 2. The lowest BCUT2D eigenvalue weighted by Gasteiger charge is -2.15. The van der Waals surface area contributed by atoms with Gasteiger partial charge in [0.1, 0.15) is 0 Å². The van der Waals surface area contributed by atoms with E-state index in [2.05, 4.69) is 9.47 Å². The lowest BCUT2D eigenvalue weighted by atomic mass is 10.1. The highest BCUT2D eigenvalue weighted by Gasteiger charge is 2.45. The van der Waals surface area contributed by atoms with Crippen LogP contribution in [0.1, 0.15) is 20.7 Å². The van der Waals surface area contributed by atoms with Crippen LogP contribution in [0.25, 0.3) is 0 Å². The first-order chi connectivity index (χ1) is 10.9. The Morgan fingerprint density at radius 2 is 1.43 bits per heavy atom. The number of rotatable bonds is 1. The fourth-order valence-electron chi connectivity index (χ4n) is 2.54. The smallest absolute Gasteiger partial charge is 0.395 e. The second kappa shape index (κ2) is 4.25. The molecule has 0 saturated carbocycles. The zero-order chi connectivity index (χ0) is 16.4. The Balaban J connectivity index is 1.82. The zero-order valence-electron chi connectivity index (χ0n) is 11.2. The maximum absolute atomic E-state index is 14.2. The van der Waals surface area contributed by atoms with Crippen LogP contribution < -0.4 is 14.4 Å². The molecule has 4 rings (SSSR count). The molecule has 0 aromatic heterocycles. The van der Waals surface area contributed by atoms with Gasteiger partial charge in [-0.3, -0.25) is 9.59 Å². The molecule has 5 nitrogen and oxygen atoms in total. The molecule has 0 N–H and O–H groups in total. The topological polar surface area (TPSA) is 55.8 Å². The van der Waals surface area contributed by atoms with Crippen LogP contribution in [0.2, 0.25) is 0 Å². The van der Waals surface area contributed by atoms with Gasteiger partial charge in [-0.05, 0) is 12.1 Å². The van der Waals surface area contributed by atoms with E-state index in [4.69, 9.17) is 0 Å². The molecule has 2 aliphatic heterocycles. The molecule has 0 spiro atoms. The monoisotopic (exact) mass is 321 g/mol. The molecule has 2 heterocycles. The summed E-state index contributed by atoms with van der Waals surface area (Å²) >= 11 is 0. The summed E-state index contributed by atoms with van der Waals surface area (Å²) in [7, 11) is 0. The van der Waals surface area contributed by atoms with Crippen LogP contribution in [-0.4, -0.2) is 18.1 Å². The van der Waals surface area contributed by atoms with Crippen LogP contribution in [0.3, 0.4) is 0 Å². The number of ether oxygens (including phenoxy) is 2. The van der Waals surface area contributed by atoms with Gasteiger partial charge in [-0.2, -0.15) is 0 Å². The average Bonchev–Trinajstić information content (AvgIpc) is 2.92. The first kappa shape index (κ1) is 13.6. The van der Waals surface area contributed by atoms with Gasteiger partial charge in [0.2, 0.25) is 0 Å². The molecule has 116 valence electrons. The Morgan fingerprint density at radius 1 is 0.913 bits per heavy atom. The summed E-state index contributed by atoms with van der Waals surface area (Å²) in [4.78, 5) is 25.2. The van der Waals surface area contributed by atoms with Gasteiger partial charge in [-0.25, -0.2) is 9.29 Å². The summed E-state index contributed by atoms with van der Waals surface area (Å²) < 4.78 is 48.6. The summed E-state index contributed by atoms with van der Waals surface area (Å²) in [5, 5.41) is 0. The largest absolute Gasteiger partial charge is 0.586 e. The molecule has 0 unspecified atom stereocenters. The summed E-state index contributed by atoms with van der Waals surface area (Å²) in [6.45, 7) is 0. The van der Waals surface area contributed by atoms with E-state index < -0.39 is 41.1 Å². The first-order valence-electron chi connectivity index (χ1n) is 6.44.